The van der Waals surface area contributed by atoms with Gasteiger partial charge in [-0.05, 0) is 60.7 Å². The predicted molar refractivity (Wildman–Crippen MR) is 156 cm³/mol. The number of amides is 1. The van der Waals surface area contributed by atoms with Crippen LogP contribution in [0, 0.1) is 19.7 Å². The Hall–Kier alpha value is -4.10. The third kappa shape index (κ3) is 6.46. The Morgan fingerprint density at radius 1 is 1.17 bits per heavy atom. The summed E-state index contributed by atoms with van der Waals surface area (Å²) in [5.74, 6) is 1.50. The summed E-state index contributed by atoms with van der Waals surface area (Å²) < 4.78 is 47.3. The van der Waals surface area contributed by atoms with E-state index in [1.54, 1.807) is 24.0 Å². The first-order chi connectivity index (χ1) is 19.6. The molecule has 4 aromatic rings. The predicted octanol–water partition coefficient (Wildman–Crippen LogP) is 4.09. The quantitative estimate of drug-likeness (QED) is 0.249. The Kier molecular flexibility index (Phi) is 8.18. The molecular weight excluding hydrogens is 551 g/mol. The Morgan fingerprint density at radius 2 is 1.95 bits per heavy atom. The maximum atomic E-state index is 14.2. The minimum absolute atomic E-state index is 0.0173. The zero-order valence-electron chi connectivity index (χ0n) is 23.3. The number of thiol groups is 1. The zero-order chi connectivity index (χ0) is 29.1. The van der Waals surface area contributed by atoms with Crippen LogP contribution in [0.1, 0.15) is 30.0 Å². The lowest BCUT2D eigenvalue weighted by Crippen LogP contribution is -2.49. The van der Waals surface area contributed by atoms with Gasteiger partial charge in [-0.2, -0.15) is 0 Å². The third-order valence-corrected chi connectivity index (χ3v) is 9.41. The van der Waals surface area contributed by atoms with Gasteiger partial charge in [0.05, 0.1) is 16.9 Å². The molecule has 0 bridgehead atoms. The minimum Gasteiger partial charge on any atom is -0.480 e. The highest BCUT2D eigenvalue weighted by molar-refractivity contribution is 8.04. The van der Waals surface area contributed by atoms with Crippen LogP contribution in [-0.2, 0) is 19.7 Å². The summed E-state index contributed by atoms with van der Waals surface area (Å²) in [6.07, 6.45) is 0.920. The summed E-state index contributed by atoms with van der Waals surface area (Å²) in [4.78, 5) is 22.7. The van der Waals surface area contributed by atoms with Crippen LogP contribution in [-0.4, -0.2) is 68.5 Å². The van der Waals surface area contributed by atoms with Crippen LogP contribution in [0.4, 0.5) is 21.6 Å². The van der Waals surface area contributed by atoms with E-state index in [-0.39, 0.29) is 18.3 Å². The lowest BCUT2D eigenvalue weighted by Gasteiger charge is -2.36. The molecular formula is C28H33FN6O5S. The van der Waals surface area contributed by atoms with Gasteiger partial charge in [0.15, 0.2) is 11.9 Å². The minimum atomic E-state index is -2.75. The number of nitrogens with one attached hydrogen (secondary N) is 2. The molecule has 13 heteroatoms. The largest absolute Gasteiger partial charge is 0.480 e. The molecule has 2 aromatic carbocycles. The number of halogens is 1. The summed E-state index contributed by atoms with van der Waals surface area (Å²) in [7, 11) is -1.27. The normalized spacial score (nSPS) is 16.3. The first-order valence-corrected chi connectivity index (χ1v) is 15.3. The number of hydrogen-bond donors (Lipinski definition) is 3. The molecule has 1 fully saturated rings. The fourth-order valence-corrected chi connectivity index (χ4v) is 6.97. The molecule has 0 radical (unpaired) electrons. The second-order valence-corrected chi connectivity index (χ2v) is 13.0. The monoisotopic (exact) mass is 584 g/mol. The summed E-state index contributed by atoms with van der Waals surface area (Å²) in [6.45, 7) is 6.36. The molecule has 2 N–H and O–H groups in total. The Bertz CT molecular complexity index is 1620. The molecule has 1 saturated heterocycles. The van der Waals surface area contributed by atoms with Gasteiger partial charge < -0.3 is 28.9 Å². The molecule has 0 saturated carbocycles. The van der Waals surface area contributed by atoms with Crippen LogP contribution in [0.15, 0.2) is 47.2 Å². The van der Waals surface area contributed by atoms with Crippen molar-refractivity contribution in [3.8, 4) is 5.75 Å². The van der Waals surface area contributed by atoms with Crippen LogP contribution in [0.25, 0.3) is 10.9 Å². The van der Waals surface area contributed by atoms with Gasteiger partial charge >= 0.3 is 0 Å². The van der Waals surface area contributed by atoms with E-state index >= 15 is 0 Å². The molecule has 5 rings (SSSR count). The second kappa shape index (κ2) is 11.8. The molecule has 1 atom stereocenters. The molecule has 0 unspecified atom stereocenters. The number of benzene rings is 2. The summed E-state index contributed by atoms with van der Waals surface area (Å²) >= 11 is 0. The standard InChI is InChI=1S/C28H33FN6O5S/c1-17-11-21(34-41(37)9-7-35(8-10-41)26(36)15-38-4)14-23-27(17)28(31-16-30-23)32-22-6-5-20(29)13-25(22)39-19(3)24-12-18(2)33-40-24/h5-6,11-14,16,19,41H,7-10,15H2,1-4H3,(H,34,37)(H,30,31,32)/t19-/m1/s1. The molecule has 1 aliphatic rings. The zero-order valence-corrected chi connectivity index (χ0v) is 24.2. The van der Waals surface area contributed by atoms with Gasteiger partial charge in [0.1, 0.15) is 30.3 Å². The lowest BCUT2D eigenvalue weighted by atomic mass is 10.1. The number of carbonyl (C=O) groups is 1. The van der Waals surface area contributed by atoms with Crippen molar-refractivity contribution in [2.24, 2.45) is 0 Å². The van der Waals surface area contributed by atoms with E-state index < -0.39 is 22.0 Å². The summed E-state index contributed by atoms with van der Waals surface area (Å²) in [6, 6.07) is 9.71. The Balaban J connectivity index is 1.36. The number of nitrogens with zero attached hydrogens (tertiary/aromatic N) is 4. The number of rotatable bonds is 9. The lowest BCUT2D eigenvalue weighted by molar-refractivity contribution is -0.134. The second-order valence-electron chi connectivity index (χ2n) is 10.1. The number of anilines is 3. The first-order valence-electron chi connectivity index (χ1n) is 13.2. The van der Waals surface area contributed by atoms with Gasteiger partial charge in [0.2, 0.25) is 5.91 Å². The van der Waals surface area contributed by atoms with Crippen molar-refractivity contribution in [1.29, 1.82) is 0 Å². The van der Waals surface area contributed by atoms with Crippen molar-refractivity contribution in [3.63, 3.8) is 0 Å². The molecule has 0 spiro atoms. The summed E-state index contributed by atoms with van der Waals surface area (Å²) in [5, 5.41) is 7.91. The van der Waals surface area contributed by atoms with Gasteiger partial charge in [0.25, 0.3) is 0 Å². The molecule has 1 amide bonds. The molecule has 3 heterocycles. The fraction of sp³-hybridized carbons (Fsp3) is 0.357. The maximum Gasteiger partial charge on any atom is 0.248 e. The smallest absolute Gasteiger partial charge is 0.248 e. The molecule has 0 aliphatic carbocycles. The SMILES string of the molecule is COCC(=O)N1CC[SH](=O)(Nc2cc(C)c3c(Nc4ccc(F)cc4O[C@H](C)c4cc(C)no4)ncnc3c2)CC1. The highest BCUT2D eigenvalue weighted by Gasteiger charge is 2.27. The topological polar surface area (TPSA) is 132 Å². The van der Waals surface area contributed by atoms with Crippen LogP contribution in [0.2, 0.25) is 0 Å². The average molecular weight is 585 g/mol. The van der Waals surface area contributed by atoms with E-state index in [0.29, 0.717) is 53.1 Å². The number of methoxy groups -OCH3 is 1. The Labute approximate surface area is 238 Å². The molecule has 11 nitrogen and oxygen atoms in total. The van der Waals surface area contributed by atoms with E-state index in [1.165, 1.54) is 25.6 Å². The molecule has 41 heavy (non-hydrogen) atoms. The van der Waals surface area contributed by atoms with Crippen LogP contribution in [0.5, 0.6) is 5.75 Å². The maximum absolute atomic E-state index is 14.2. The fourth-order valence-electron chi connectivity index (χ4n) is 4.80. The van der Waals surface area contributed by atoms with Crippen molar-refractivity contribution in [3.05, 3.63) is 65.6 Å². The van der Waals surface area contributed by atoms with Crippen LogP contribution < -0.4 is 14.8 Å². The van der Waals surface area contributed by atoms with Gasteiger partial charge in [-0.3, -0.25) is 9.00 Å². The van der Waals surface area contributed by atoms with E-state index in [4.69, 9.17) is 14.0 Å². The number of hydrogen-bond acceptors (Lipinski definition) is 9. The van der Waals surface area contributed by atoms with E-state index in [0.717, 1.165) is 16.6 Å². The molecule has 2 aromatic heterocycles. The highest BCUT2D eigenvalue weighted by Crippen LogP contribution is 2.35. The van der Waals surface area contributed by atoms with Gasteiger partial charge in [-0.1, -0.05) is 5.16 Å². The van der Waals surface area contributed by atoms with Crippen molar-refractivity contribution in [1.82, 2.24) is 20.0 Å². The van der Waals surface area contributed by atoms with Crippen LogP contribution >= 0.6 is 0 Å². The number of carbonyl (C=O) groups excluding carboxylic acids is 1. The van der Waals surface area contributed by atoms with E-state index in [1.807, 2.05) is 26.0 Å². The number of aryl methyl sites for hydroxylation is 2. The summed E-state index contributed by atoms with van der Waals surface area (Å²) in [5.41, 5.74) is 3.40. The van der Waals surface area contributed by atoms with Gasteiger partial charge in [0, 0.05) is 54.9 Å². The van der Waals surface area contributed by atoms with Gasteiger partial charge in [-0.15, -0.1) is 0 Å². The van der Waals surface area contributed by atoms with Crippen molar-refractivity contribution in [2.45, 2.75) is 26.9 Å². The first kappa shape index (κ1) is 28.4. The highest BCUT2D eigenvalue weighted by atomic mass is 32.3. The third-order valence-electron chi connectivity index (χ3n) is 6.90. The van der Waals surface area contributed by atoms with Gasteiger partial charge in [-0.25, -0.2) is 14.4 Å². The molecule has 1 aliphatic heterocycles. The number of ether oxygens (including phenoxy) is 2. The van der Waals surface area contributed by atoms with Crippen LogP contribution in [0.3, 0.4) is 0 Å². The average Bonchev–Trinajstić information content (AvgIpc) is 3.37. The number of fused-ring (bicyclic) bond motifs is 1. The van der Waals surface area contributed by atoms with Crippen molar-refractivity contribution < 1.29 is 27.4 Å². The van der Waals surface area contributed by atoms with E-state index in [2.05, 4.69) is 25.2 Å². The molecule has 218 valence electrons. The van der Waals surface area contributed by atoms with Crippen molar-refractivity contribution in [2.75, 3.05) is 48.4 Å². The Morgan fingerprint density at radius 3 is 2.66 bits per heavy atom. The number of aromatic nitrogens is 3. The van der Waals surface area contributed by atoms with Crippen molar-refractivity contribution >= 4 is 44.1 Å². The van der Waals surface area contributed by atoms with E-state index in [9.17, 15) is 13.4 Å².